The number of nitrogens with zero attached hydrogens (tertiary/aromatic N) is 1. The lowest BCUT2D eigenvalue weighted by molar-refractivity contribution is 0.186. The minimum atomic E-state index is -3.40. The first-order valence-electron chi connectivity index (χ1n) is 8.44. The summed E-state index contributed by atoms with van der Waals surface area (Å²) in [6.45, 7) is 1.38. The third kappa shape index (κ3) is 4.19. The minimum absolute atomic E-state index is 0.140. The number of urea groups is 1. The lowest BCUT2D eigenvalue weighted by Crippen LogP contribution is -2.46. The highest BCUT2D eigenvalue weighted by Gasteiger charge is 2.32. The van der Waals surface area contributed by atoms with Gasteiger partial charge in [0.2, 0.25) is 0 Å². The number of nitrogens with one attached hydrogen (secondary N) is 1. The van der Waals surface area contributed by atoms with E-state index < -0.39 is 15.1 Å². The van der Waals surface area contributed by atoms with Gasteiger partial charge in [-0.25, -0.2) is 13.2 Å². The molecule has 1 aromatic heterocycles. The van der Waals surface area contributed by atoms with E-state index in [1.54, 1.807) is 47.6 Å². The molecule has 2 heterocycles. The molecule has 0 bridgehead atoms. The maximum absolute atomic E-state index is 12.8. The van der Waals surface area contributed by atoms with Crippen molar-refractivity contribution in [1.82, 2.24) is 10.2 Å². The van der Waals surface area contributed by atoms with Crippen LogP contribution in [0.3, 0.4) is 0 Å². The number of carbonyl (C=O) groups is 1. The fraction of sp³-hybridized carbons (Fsp3) is 0.389. The number of hydrogen-bond donors (Lipinski definition) is 1. The molecule has 140 valence electrons. The molecule has 3 rings (SSSR count). The van der Waals surface area contributed by atoms with E-state index in [2.05, 4.69) is 5.32 Å². The number of sulfone groups is 1. The number of hydrogen-bond acceptors (Lipinski definition) is 5. The van der Waals surface area contributed by atoms with Gasteiger partial charge in [-0.1, -0.05) is 6.07 Å². The van der Waals surface area contributed by atoms with Crippen molar-refractivity contribution in [2.75, 3.05) is 20.2 Å². The monoisotopic (exact) mass is 394 g/mol. The number of rotatable bonds is 5. The Bertz CT molecular complexity index is 825. The molecule has 0 radical (unpaired) electrons. The normalized spacial score (nSPS) is 15.7. The topological polar surface area (TPSA) is 75.7 Å². The largest absolute Gasteiger partial charge is 0.497 e. The molecule has 0 atom stereocenters. The molecule has 2 amide bonds. The molecule has 1 aliphatic rings. The Hall–Kier alpha value is -2.06. The molecule has 0 aliphatic carbocycles. The van der Waals surface area contributed by atoms with Gasteiger partial charge in [0.25, 0.3) is 0 Å². The van der Waals surface area contributed by atoms with E-state index >= 15 is 0 Å². The molecule has 2 aromatic rings. The summed E-state index contributed by atoms with van der Waals surface area (Å²) in [7, 11) is -1.85. The molecule has 0 spiro atoms. The summed E-state index contributed by atoms with van der Waals surface area (Å²) in [5.41, 5.74) is 0. The molecule has 1 N–H and O–H groups in total. The molecule has 8 heteroatoms. The number of thiophene rings is 1. The Morgan fingerprint density at radius 1 is 1.23 bits per heavy atom. The van der Waals surface area contributed by atoms with Gasteiger partial charge in [-0.05, 0) is 48.6 Å². The van der Waals surface area contributed by atoms with Crippen molar-refractivity contribution in [2.45, 2.75) is 29.5 Å². The van der Waals surface area contributed by atoms with E-state index in [0.717, 1.165) is 4.88 Å². The van der Waals surface area contributed by atoms with Crippen molar-refractivity contribution in [2.24, 2.45) is 0 Å². The van der Waals surface area contributed by atoms with Crippen molar-refractivity contribution < 1.29 is 17.9 Å². The van der Waals surface area contributed by atoms with Gasteiger partial charge < -0.3 is 15.0 Å². The first-order valence-corrected chi connectivity index (χ1v) is 10.9. The van der Waals surface area contributed by atoms with Gasteiger partial charge in [-0.2, -0.15) is 0 Å². The minimum Gasteiger partial charge on any atom is -0.497 e. The van der Waals surface area contributed by atoms with Crippen LogP contribution in [0.15, 0.2) is 46.7 Å². The molecule has 6 nitrogen and oxygen atoms in total. The Morgan fingerprint density at radius 2 is 1.92 bits per heavy atom. The van der Waals surface area contributed by atoms with Crippen molar-refractivity contribution in [3.63, 3.8) is 0 Å². The van der Waals surface area contributed by atoms with Crippen molar-refractivity contribution in [3.05, 3.63) is 46.7 Å². The van der Waals surface area contributed by atoms with Crippen LogP contribution in [0, 0.1) is 0 Å². The van der Waals surface area contributed by atoms with Crippen molar-refractivity contribution in [1.29, 1.82) is 0 Å². The van der Waals surface area contributed by atoms with E-state index in [-0.39, 0.29) is 6.03 Å². The lowest BCUT2D eigenvalue weighted by Gasteiger charge is -2.31. The van der Waals surface area contributed by atoms with Gasteiger partial charge in [-0.3, -0.25) is 0 Å². The van der Waals surface area contributed by atoms with Crippen molar-refractivity contribution >= 4 is 27.2 Å². The van der Waals surface area contributed by atoms with Crippen LogP contribution in [0.25, 0.3) is 0 Å². The average Bonchev–Trinajstić information content (AvgIpc) is 3.20. The van der Waals surface area contributed by atoms with E-state index in [1.807, 2.05) is 17.5 Å². The maximum atomic E-state index is 12.8. The average molecular weight is 395 g/mol. The predicted molar refractivity (Wildman–Crippen MR) is 101 cm³/mol. The first-order chi connectivity index (χ1) is 12.5. The second-order valence-corrected chi connectivity index (χ2v) is 9.41. The van der Waals surface area contributed by atoms with E-state index in [9.17, 15) is 13.2 Å². The van der Waals surface area contributed by atoms with Crippen LogP contribution in [-0.4, -0.2) is 44.8 Å². The van der Waals surface area contributed by atoms with Crippen LogP contribution in [0.1, 0.15) is 17.7 Å². The third-order valence-corrected chi connectivity index (χ3v) is 7.70. The van der Waals surface area contributed by atoms with Crippen molar-refractivity contribution in [3.8, 4) is 5.75 Å². The molecule has 1 aliphatic heterocycles. The van der Waals surface area contributed by atoms with Crippen LogP contribution < -0.4 is 10.1 Å². The Labute approximate surface area is 157 Å². The van der Waals surface area contributed by atoms with Gasteiger partial charge in [-0.15, -0.1) is 11.3 Å². The van der Waals surface area contributed by atoms with Gasteiger partial charge >= 0.3 is 6.03 Å². The number of likely N-dealkylation sites (tertiary alicyclic amines) is 1. The Morgan fingerprint density at radius 3 is 2.50 bits per heavy atom. The highest BCUT2D eigenvalue weighted by molar-refractivity contribution is 7.92. The van der Waals surface area contributed by atoms with Crippen LogP contribution in [0.4, 0.5) is 4.79 Å². The third-order valence-electron chi connectivity index (χ3n) is 4.55. The van der Waals surface area contributed by atoms with E-state index in [4.69, 9.17) is 4.74 Å². The molecule has 0 unspecified atom stereocenters. The first kappa shape index (κ1) is 18.7. The standard InChI is InChI=1S/C18H22N2O4S2/c1-24-14-4-6-16(7-5-14)26(22,23)17-8-10-20(11-9-17)18(21)19-13-15-3-2-12-25-15/h2-7,12,17H,8-11,13H2,1H3,(H,19,21). The number of ether oxygens (including phenoxy) is 1. The summed E-state index contributed by atoms with van der Waals surface area (Å²) < 4.78 is 30.6. The maximum Gasteiger partial charge on any atom is 0.317 e. The molecule has 1 aromatic carbocycles. The zero-order chi connectivity index (χ0) is 18.6. The van der Waals surface area contributed by atoms with Gasteiger partial charge in [0.05, 0.1) is 23.8 Å². The molecular weight excluding hydrogens is 372 g/mol. The molecular formula is C18H22N2O4S2. The van der Waals surface area contributed by atoms with Crippen LogP contribution >= 0.6 is 11.3 Å². The lowest BCUT2D eigenvalue weighted by atomic mass is 10.1. The van der Waals surface area contributed by atoms with Gasteiger partial charge in [0.15, 0.2) is 9.84 Å². The van der Waals surface area contributed by atoms with Crippen LogP contribution in [-0.2, 0) is 16.4 Å². The van der Waals surface area contributed by atoms with E-state index in [1.165, 1.54) is 0 Å². The SMILES string of the molecule is COc1ccc(S(=O)(=O)C2CCN(C(=O)NCc3cccs3)CC2)cc1. The Kier molecular flexibility index (Phi) is 5.83. The van der Waals surface area contributed by atoms with E-state index in [0.29, 0.717) is 43.1 Å². The summed E-state index contributed by atoms with van der Waals surface area (Å²) >= 11 is 1.59. The molecule has 0 saturated carbocycles. The second-order valence-electron chi connectivity index (χ2n) is 6.15. The number of piperidine rings is 1. The number of carbonyl (C=O) groups excluding carboxylic acids is 1. The van der Waals surface area contributed by atoms with Gasteiger partial charge in [0, 0.05) is 18.0 Å². The van der Waals surface area contributed by atoms with Crippen LogP contribution in [0.5, 0.6) is 5.75 Å². The second kappa shape index (κ2) is 8.09. The predicted octanol–water partition coefficient (Wildman–Crippen LogP) is 2.90. The summed E-state index contributed by atoms with van der Waals surface area (Å²) in [6.07, 6.45) is 0.890. The number of methoxy groups -OCH3 is 1. The van der Waals surface area contributed by atoms with Crippen LogP contribution in [0.2, 0.25) is 0 Å². The Balaban J connectivity index is 1.55. The summed E-state index contributed by atoms with van der Waals surface area (Å²) in [5.74, 6) is 0.626. The highest BCUT2D eigenvalue weighted by Crippen LogP contribution is 2.26. The number of amides is 2. The fourth-order valence-corrected chi connectivity index (χ4v) is 5.39. The zero-order valence-corrected chi connectivity index (χ0v) is 16.2. The molecule has 1 fully saturated rings. The summed E-state index contributed by atoms with van der Waals surface area (Å²) in [6, 6.07) is 10.2. The summed E-state index contributed by atoms with van der Waals surface area (Å²) in [4.78, 5) is 15.3. The van der Waals surface area contributed by atoms with Gasteiger partial charge in [0.1, 0.15) is 5.75 Å². The summed E-state index contributed by atoms with van der Waals surface area (Å²) in [5, 5.41) is 4.40. The molecule has 26 heavy (non-hydrogen) atoms. The fourth-order valence-electron chi connectivity index (χ4n) is 3.01. The quantitative estimate of drug-likeness (QED) is 0.846. The smallest absolute Gasteiger partial charge is 0.317 e. The zero-order valence-electron chi connectivity index (χ0n) is 14.6. The molecule has 1 saturated heterocycles. The number of benzene rings is 1. The highest BCUT2D eigenvalue weighted by atomic mass is 32.2.